The Balaban J connectivity index is 1.67. The lowest BCUT2D eigenvalue weighted by Gasteiger charge is -2.13. The summed E-state index contributed by atoms with van der Waals surface area (Å²) in [5.74, 6) is 0.307. The van der Waals surface area contributed by atoms with Crippen molar-refractivity contribution in [2.45, 2.75) is 37.0 Å². The summed E-state index contributed by atoms with van der Waals surface area (Å²) in [4.78, 5) is 19.2. The fraction of sp³-hybridized carbons (Fsp3) is 0.429. The highest BCUT2D eigenvalue weighted by Gasteiger charge is 2.27. The zero-order valence-corrected chi connectivity index (χ0v) is 12.2. The van der Waals surface area contributed by atoms with Gasteiger partial charge in [-0.15, -0.1) is 0 Å². The van der Waals surface area contributed by atoms with Crippen molar-refractivity contribution < 1.29 is 4.79 Å². The summed E-state index contributed by atoms with van der Waals surface area (Å²) in [6, 6.07) is 6.28. The van der Waals surface area contributed by atoms with Crippen molar-refractivity contribution in [3.63, 3.8) is 0 Å². The topological polar surface area (TPSA) is 83.8 Å². The summed E-state index contributed by atoms with van der Waals surface area (Å²) in [5.41, 5.74) is 8.60. The number of rotatable bonds is 6. The molecule has 4 N–H and O–H groups in total. The number of carbonyl (C=O) groups excluding carboxylic acids is 1. The number of carbonyl (C=O) groups is 1. The Kier molecular flexibility index (Phi) is 3.67. The molecular formula is C14H18N4OS. The number of hydrogen-bond donors (Lipinski definition) is 3. The highest BCUT2D eigenvalue weighted by Crippen LogP contribution is 2.23. The lowest BCUT2D eigenvalue weighted by Crippen LogP contribution is -2.44. The van der Waals surface area contributed by atoms with E-state index in [0.29, 0.717) is 11.8 Å². The van der Waals surface area contributed by atoms with Gasteiger partial charge in [0.25, 0.3) is 0 Å². The number of imidazole rings is 1. The molecule has 1 aromatic heterocycles. The van der Waals surface area contributed by atoms with E-state index in [4.69, 9.17) is 5.73 Å². The molecular weight excluding hydrogens is 272 g/mol. The Morgan fingerprint density at radius 1 is 1.60 bits per heavy atom. The van der Waals surface area contributed by atoms with E-state index in [1.807, 2.05) is 12.1 Å². The number of nitrogens with zero attached hydrogens (tertiary/aromatic N) is 1. The van der Waals surface area contributed by atoms with Crippen LogP contribution < -0.4 is 11.1 Å². The van der Waals surface area contributed by atoms with Crippen molar-refractivity contribution in [3.8, 4) is 0 Å². The maximum atomic E-state index is 11.4. The Bertz CT molecular complexity index is 635. The highest BCUT2D eigenvalue weighted by molar-refractivity contribution is 7.99. The summed E-state index contributed by atoms with van der Waals surface area (Å²) in [6.45, 7) is 2.05. The lowest BCUT2D eigenvalue weighted by molar-refractivity contribution is -0.119. The van der Waals surface area contributed by atoms with E-state index in [1.165, 1.54) is 17.3 Å². The third kappa shape index (κ3) is 3.13. The van der Waals surface area contributed by atoms with Crippen molar-refractivity contribution in [1.82, 2.24) is 15.3 Å². The van der Waals surface area contributed by atoms with Gasteiger partial charge in [-0.3, -0.25) is 4.79 Å². The summed E-state index contributed by atoms with van der Waals surface area (Å²) in [7, 11) is 0. The molecule has 1 saturated carbocycles. The fourth-order valence-corrected chi connectivity index (χ4v) is 3.01. The quantitative estimate of drug-likeness (QED) is 0.705. The molecule has 106 valence electrons. The molecule has 1 aliphatic rings. The molecule has 0 spiro atoms. The molecule has 1 unspecified atom stereocenters. The van der Waals surface area contributed by atoms with Gasteiger partial charge in [-0.2, -0.15) is 0 Å². The van der Waals surface area contributed by atoms with Gasteiger partial charge in [-0.05, 0) is 37.5 Å². The SMILES string of the molecule is Cc1ccc2nc(SCC(NC3CC3)C(N)=O)[nH]c2c1. The second-order valence-electron chi connectivity index (χ2n) is 5.27. The molecule has 0 saturated heterocycles. The number of primary amides is 1. The minimum atomic E-state index is -0.295. The van der Waals surface area contributed by atoms with Crippen molar-refractivity contribution in [3.05, 3.63) is 23.8 Å². The van der Waals surface area contributed by atoms with Crippen molar-refractivity contribution in [1.29, 1.82) is 0 Å². The van der Waals surface area contributed by atoms with E-state index in [0.717, 1.165) is 29.0 Å². The predicted octanol–water partition coefficient (Wildman–Crippen LogP) is 1.57. The van der Waals surface area contributed by atoms with Crippen molar-refractivity contribution in [2.24, 2.45) is 5.73 Å². The average Bonchev–Trinajstić information content (AvgIpc) is 3.12. The first-order valence-electron chi connectivity index (χ1n) is 6.76. The Hall–Kier alpha value is -1.53. The normalized spacial score (nSPS) is 16.4. The van der Waals surface area contributed by atoms with Crippen LogP contribution in [-0.4, -0.2) is 33.7 Å². The van der Waals surface area contributed by atoms with Gasteiger partial charge < -0.3 is 16.0 Å². The molecule has 0 radical (unpaired) electrons. The van der Waals surface area contributed by atoms with E-state index in [9.17, 15) is 4.79 Å². The Morgan fingerprint density at radius 3 is 3.10 bits per heavy atom. The maximum absolute atomic E-state index is 11.4. The fourth-order valence-electron chi connectivity index (χ4n) is 2.08. The minimum Gasteiger partial charge on any atom is -0.368 e. The van der Waals surface area contributed by atoms with Crippen LogP contribution in [0, 0.1) is 6.92 Å². The predicted molar refractivity (Wildman–Crippen MR) is 80.7 cm³/mol. The van der Waals surface area contributed by atoms with Crippen LogP contribution in [0.4, 0.5) is 0 Å². The molecule has 6 heteroatoms. The third-order valence-corrected chi connectivity index (χ3v) is 4.33. The van der Waals surface area contributed by atoms with Crippen LogP contribution in [0.1, 0.15) is 18.4 Å². The lowest BCUT2D eigenvalue weighted by atomic mass is 10.2. The smallest absolute Gasteiger partial charge is 0.235 e. The number of benzene rings is 1. The zero-order chi connectivity index (χ0) is 14.1. The number of hydrogen-bond acceptors (Lipinski definition) is 4. The molecule has 1 aromatic carbocycles. The number of amides is 1. The van der Waals surface area contributed by atoms with Gasteiger partial charge in [0.2, 0.25) is 5.91 Å². The molecule has 5 nitrogen and oxygen atoms in total. The van der Waals surface area contributed by atoms with Crippen molar-refractivity contribution >= 4 is 28.7 Å². The van der Waals surface area contributed by atoms with Gasteiger partial charge in [0.05, 0.1) is 17.1 Å². The first-order chi connectivity index (χ1) is 9.61. The number of nitrogens with one attached hydrogen (secondary N) is 2. The van der Waals surface area contributed by atoms with E-state index < -0.39 is 0 Å². The monoisotopic (exact) mass is 290 g/mol. The number of fused-ring (bicyclic) bond motifs is 1. The van der Waals surface area contributed by atoms with Gasteiger partial charge in [0, 0.05) is 11.8 Å². The Labute approximate surface area is 121 Å². The maximum Gasteiger partial charge on any atom is 0.235 e. The summed E-state index contributed by atoms with van der Waals surface area (Å²) in [6.07, 6.45) is 2.27. The molecule has 1 amide bonds. The number of aryl methyl sites for hydroxylation is 1. The molecule has 1 aliphatic carbocycles. The van der Waals surface area contributed by atoms with Crippen LogP contribution in [-0.2, 0) is 4.79 Å². The highest BCUT2D eigenvalue weighted by atomic mass is 32.2. The number of aromatic amines is 1. The molecule has 2 aromatic rings. The third-order valence-electron chi connectivity index (χ3n) is 3.36. The molecule has 1 fully saturated rings. The number of H-pyrrole nitrogens is 1. The summed E-state index contributed by atoms with van der Waals surface area (Å²) in [5, 5.41) is 4.09. The number of aromatic nitrogens is 2. The molecule has 0 bridgehead atoms. The zero-order valence-electron chi connectivity index (χ0n) is 11.3. The first-order valence-corrected chi connectivity index (χ1v) is 7.75. The molecule has 0 aliphatic heterocycles. The van der Waals surface area contributed by atoms with E-state index in [-0.39, 0.29) is 11.9 Å². The van der Waals surface area contributed by atoms with Gasteiger partial charge in [-0.1, -0.05) is 17.8 Å². The van der Waals surface area contributed by atoms with Gasteiger partial charge in [-0.25, -0.2) is 4.98 Å². The largest absolute Gasteiger partial charge is 0.368 e. The molecule has 3 rings (SSSR count). The number of nitrogens with two attached hydrogens (primary N) is 1. The average molecular weight is 290 g/mol. The summed E-state index contributed by atoms with van der Waals surface area (Å²) >= 11 is 1.53. The van der Waals surface area contributed by atoms with Crippen LogP contribution in [0.5, 0.6) is 0 Å². The van der Waals surface area contributed by atoms with Crippen LogP contribution in [0.25, 0.3) is 11.0 Å². The summed E-state index contributed by atoms with van der Waals surface area (Å²) < 4.78 is 0. The molecule has 1 atom stereocenters. The minimum absolute atomic E-state index is 0.289. The van der Waals surface area contributed by atoms with Crippen LogP contribution >= 0.6 is 11.8 Å². The van der Waals surface area contributed by atoms with E-state index in [2.05, 4.69) is 28.3 Å². The first kappa shape index (κ1) is 13.5. The van der Waals surface area contributed by atoms with Crippen LogP contribution in [0.3, 0.4) is 0 Å². The molecule has 20 heavy (non-hydrogen) atoms. The van der Waals surface area contributed by atoms with Crippen molar-refractivity contribution in [2.75, 3.05) is 5.75 Å². The number of thioether (sulfide) groups is 1. The van der Waals surface area contributed by atoms with Gasteiger partial charge in [0.15, 0.2) is 5.16 Å². The van der Waals surface area contributed by atoms with Crippen LogP contribution in [0.2, 0.25) is 0 Å². The second-order valence-corrected chi connectivity index (χ2v) is 6.28. The standard InChI is InChI=1S/C14H18N4OS/c1-8-2-5-10-11(6-8)18-14(17-10)20-7-12(13(15)19)16-9-3-4-9/h2,5-6,9,12,16H,3-4,7H2,1H3,(H2,15,19)(H,17,18). The molecule has 1 heterocycles. The van der Waals surface area contributed by atoms with E-state index >= 15 is 0 Å². The van der Waals surface area contributed by atoms with E-state index in [1.54, 1.807) is 0 Å². The second kappa shape index (κ2) is 5.46. The van der Waals surface area contributed by atoms with Gasteiger partial charge >= 0.3 is 0 Å². The van der Waals surface area contributed by atoms with Crippen LogP contribution in [0.15, 0.2) is 23.4 Å². The van der Waals surface area contributed by atoms with Gasteiger partial charge in [0.1, 0.15) is 0 Å². The Morgan fingerprint density at radius 2 is 2.40 bits per heavy atom.